The van der Waals surface area contributed by atoms with Crippen molar-refractivity contribution in [1.29, 1.82) is 0 Å². The van der Waals surface area contributed by atoms with Crippen molar-refractivity contribution in [3.05, 3.63) is 42.0 Å². The molecule has 0 radical (unpaired) electrons. The van der Waals surface area contributed by atoms with Crippen molar-refractivity contribution >= 4 is 17.5 Å². The minimum atomic E-state index is -0.227. The van der Waals surface area contributed by atoms with Crippen molar-refractivity contribution in [2.24, 2.45) is 11.8 Å². The lowest BCUT2D eigenvalue weighted by atomic mass is 9.92. The standard InChI is InChI=1S/C20H28N2O2/c1-6-10-21-19(23)16-11-17(16)20(24)22-18-14(12(2)3)8-7-9-15(18)13(4)5/h6-9,12-13,16-17H,1,10-11H2,2-5H3,(H,21,23)(H,22,24). The topological polar surface area (TPSA) is 58.2 Å². The van der Waals surface area contributed by atoms with E-state index < -0.39 is 0 Å². The van der Waals surface area contributed by atoms with E-state index in [0.29, 0.717) is 24.8 Å². The van der Waals surface area contributed by atoms with E-state index in [9.17, 15) is 9.59 Å². The zero-order chi connectivity index (χ0) is 17.9. The van der Waals surface area contributed by atoms with Crippen molar-refractivity contribution in [3.8, 4) is 0 Å². The number of carbonyl (C=O) groups is 2. The molecular weight excluding hydrogens is 300 g/mol. The summed E-state index contributed by atoms with van der Waals surface area (Å²) in [5.41, 5.74) is 3.20. The first-order valence-electron chi connectivity index (χ1n) is 8.69. The van der Waals surface area contributed by atoms with Crippen LogP contribution in [0, 0.1) is 11.8 Å². The maximum absolute atomic E-state index is 12.6. The number of nitrogens with one attached hydrogen (secondary N) is 2. The van der Waals surface area contributed by atoms with Gasteiger partial charge in [-0.25, -0.2) is 0 Å². The van der Waals surface area contributed by atoms with E-state index in [4.69, 9.17) is 0 Å². The highest BCUT2D eigenvalue weighted by molar-refractivity contribution is 6.00. The third-order valence-electron chi connectivity index (χ3n) is 4.51. The predicted octanol–water partition coefficient (Wildman–Crippen LogP) is 3.81. The molecule has 0 aromatic heterocycles. The number of amides is 2. The molecule has 1 aliphatic carbocycles. The molecule has 2 rings (SSSR count). The highest BCUT2D eigenvalue weighted by Crippen LogP contribution is 2.41. The number of benzene rings is 1. The molecule has 2 unspecified atom stereocenters. The summed E-state index contributed by atoms with van der Waals surface area (Å²) in [7, 11) is 0. The molecule has 2 atom stereocenters. The van der Waals surface area contributed by atoms with Crippen LogP contribution in [0.5, 0.6) is 0 Å². The van der Waals surface area contributed by atoms with Crippen LogP contribution >= 0.6 is 0 Å². The second-order valence-electron chi connectivity index (χ2n) is 7.09. The minimum absolute atomic E-state index is 0.0521. The van der Waals surface area contributed by atoms with Crippen LogP contribution in [0.15, 0.2) is 30.9 Å². The highest BCUT2D eigenvalue weighted by Gasteiger charge is 2.48. The van der Waals surface area contributed by atoms with Crippen LogP contribution in [0.2, 0.25) is 0 Å². The smallest absolute Gasteiger partial charge is 0.228 e. The van der Waals surface area contributed by atoms with E-state index in [1.165, 1.54) is 0 Å². The van der Waals surface area contributed by atoms with E-state index in [1.807, 2.05) is 6.07 Å². The van der Waals surface area contributed by atoms with E-state index in [2.05, 4.69) is 57.0 Å². The molecule has 1 aliphatic rings. The molecular formula is C20H28N2O2. The van der Waals surface area contributed by atoms with E-state index in [0.717, 1.165) is 16.8 Å². The summed E-state index contributed by atoms with van der Waals surface area (Å²) in [4.78, 5) is 24.5. The summed E-state index contributed by atoms with van der Waals surface area (Å²) in [6, 6.07) is 6.17. The molecule has 1 saturated carbocycles. The van der Waals surface area contributed by atoms with Crippen LogP contribution in [0.1, 0.15) is 57.1 Å². The van der Waals surface area contributed by atoms with Gasteiger partial charge in [-0.2, -0.15) is 0 Å². The quantitative estimate of drug-likeness (QED) is 0.748. The van der Waals surface area contributed by atoms with Gasteiger partial charge in [0, 0.05) is 12.2 Å². The van der Waals surface area contributed by atoms with Crippen LogP contribution in [0.3, 0.4) is 0 Å². The molecule has 4 nitrogen and oxygen atoms in total. The van der Waals surface area contributed by atoms with Gasteiger partial charge < -0.3 is 10.6 Å². The number of hydrogen-bond donors (Lipinski definition) is 2. The van der Waals surface area contributed by atoms with Gasteiger partial charge in [-0.3, -0.25) is 9.59 Å². The SMILES string of the molecule is C=CCNC(=O)C1CC1C(=O)Nc1c(C(C)C)cccc1C(C)C. The third kappa shape index (κ3) is 4.05. The van der Waals surface area contributed by atoms with Gasteiger partial charge in [0.15, 0.2) is 0 Å². The maximum Gasteiger partial charge on any atom is 0.228 e. The normalized spacial score (nSPS) is 19.2. The average molecular weight is 328 g/mol. The third-order valence-corrected chi connectivity index (χ3v) is 4.51. The van der Waals surface area contributed by atoms with Gasteiger partial charge >= 0.3 is 0 Å². The summed E-state index contributed by atoms with van der Waals surface area (Å²) >= 11 is 0. The zero-order valence-electron chi connectivity index (χ0n) is 15.1. The summed E-state index contributed by atoms with van der Waals surface area (Å²) in [5, 5.41) is 5.87. The molecule has 1 fully saturated rings. The molecule has 0 spiro atoms. The number of hydrogen-bond acceptors (Lipinski definition) is 2. The first kappa shape index (κ1) is 18.2. The molecule has 0 heterocycles. The number of para-hydroxylation sites is 1. The Morgan fingerprint density at radius 3 is 2.17 bits per heavy atom. The molecule has 0 bridgehead atoms. The number of rotatable bonds is 7. The molecule has 0 aliphatic heterocycles. The minimum Gasteiger partial charge on any atom is -0.352 e. The summed E-state index contributed by atoms with van der Waals surface area (Å²) in [6.07, 6.45) is 2.26. The average Bonchev–Trinajstić information content (AvgIpc) is 3.33. The fourth-order valence-electron chi connectivity index (χ4n) is 2.99. The second kappa shape index (κ2) is 7.65. The Labute approximate surface area is 144 Å². The molecule has 1 aromatic carbocycles. The summed E-state index contributed by atoms with van der Waals surface area (Å²) in [5.74, 6) is 0.100. The lowest BCUT2D eigenvalue weighted by molar-refractivity contribution is -0.125. The Morgan fingerprint density at radius 2 is 1.67 bits per heavy atom. The van der Waals surface area contributed by atoms with E-state index in [1.54, 1.807) is 6.08 Å². The van der Waals surface area contributed by atoms with Gasteiger partial charge in [0.05, 0.1) is 11.8 Å². The second-order valence-corrected chi connectivity index (χ2v) is 7.09. The Hall–Kier alpha value is -2.10. The van der Waals surface area contributed by atoms with Crippen molar-refractivity contribution in [2.75, 3.05) is 11.9 Å². The van der Waals surface area contributed by atoms with Crippen LogP contribution in [0.25, 0.3) is 0 Å². The van der Waals surface area contributed by atoms with Crippen molar-refractivity contribution in [1.82, 2.24) is 5.32 Å². The number of anilines is 1. The van der Waals surface area contributed by atoms with E-state index in [-0.39, 0.29) is 23.7 Å². The molecule has 2 amide bonds. The summed E-state index contributed by atoms with van der Waals surface area (Å²) < 4.78 is 0. The number of carbonyl (C=O) groups excluding carboxylic acids is 2. The molecule has 24 heavy (non-hydrogen) atoms. The van der Waals surface area contributed by atoms with Gasteiger partial charge in [-0.15, -0.1) is 6.58 Å². The summed E-state index contributed by atoms with van der Waals surface area (Å²) in [6.45, 7) is 12.5. The lowest BCUT2D eigenvalue weighted by Gasteiger charge is -2.20. The van der Waals surface area contributed by atoms with Gasteiger partial charge in [-0.05, 0) is 29.4 Å². The Morgan fingerprint density at radius 1 is 1.12 bits per heavy atom. The predicted molar refractivity (Wildman–Crippen MR) is 98.1 cm³/mol. The first-order chi connectivity index (χ1) is 11.4. The Kier molecular flexibility index (Phi) is 5.81. The first-order valence-corrected chi connectivity index (χ1v) is 8.69. The lowest BCUT2D eigenvalue weighted by Crippen LogP contribution is -2.27. The Bertz CT molecular complexity index is 608. The molecule has 0 saturated heterocycles. The van der Waals surface area contributed by atoms with Crippen LogP contribution in [-0.4, -0.2) is 18.4 Å². The molecule has 1 aromatic rings. The zero-order valence-corrected chi connectivity index (χ0v) is 15.1. The monoisotopic (exact) mass is 328 g/mol. The fourth-order valence-corrected chi connectivity index (χ4v) is 2.99. The van der Waals surface area contributed by atoms with E-state index >= 15 is 0 Å². The van der Waals surface area contributed by atoms with Crippen LogP contribution < -0.4 is 10.6 Å². The van der Waals surface area contributed by atoms with Crippen LogP contribution in [-0.2, 0) is 9.59 Å². The van der Waals surface area contributed by atoms with Crippen molar-refractivity contribution in [3.63, 3.8) is 0 Å². The molecule has 2 N–H and O–H groups in total. The maximum atomic E-state index is 12.6. The highest BCUT2D eigenvalue weighted by atomic mass is 16.2. The Balaban J connectivity index is 2.12. The van der Waals surface area contributed by atoms with Gasteiger partial charge in [-0.1, -0.05) is 52.0 Å². The largest absolute Gasteiger partial charge is 0.352 e. The van der Waals surface area contributed by atoms with Crippen LogP contribution in [0.4, 0.5) is 5.69 Å². The van der Waals surface area contributed by atoms with Crippen molar-refractivity contribution in [2.45, 2.75) is 46.0 Å². The molecule has 130 valence electrons. The molecule has 4 heteroatoms. The van der Waals surface area contributed by atoms with Gasteiger partial charge in [0.2, 0.25) is 11.8 Å². The van der Waals surface area contributed by atoms with Gasteiger partial charge in [0.25, 0.3) is 0 Å². The van der Waals surface area contributed by atoms with Gasteiger partial charge in [0.1, 0.15) is 0 Å². The fraction of sp³-hybridized carbons (Fsp3) is 0.500. The van der Waals surface area contributed by atoms with Crippen molar-refractivity contribution < 1.29 is 9.59 Å².